The zero-order valence-electron chi connectivity index (χ0n) is 18.8. The highest BCUT2D eigenvalue weighted by Crippen LogP contribution is 2.18. The Morgan fingerprint density at radius 1 is 1.09 bits per heavy atom. The van der Waals surface area contributed by atoms with Crippen LogP contribution in [0.2, 0.25) is 0 Å². The van der Waals surface area contributed by atoms with E-state index in [9.17, 15) is 23.3 Å². The maximum Gasteiger partial charge on any atom is 0.269 e. The number of nitro groups is 1. The summed E-state index contributed by atoms with van der Waals surface area (Å²) in [5.41, 5.74) is 1.43. The van der Waals surface area contributed by atoms with E-state index < -0.39 is 20.9 Å². The summed E-state index contributed by atoms with van der Waals surface area (Å²) in [6.07, 6.45) is 3.27. The number of nitrogens with zero attached hydrogens (tertiary/aromatic N) is 4. The molecule has 11 heteroatoms. The highest BCUT2D eigenvalue weighted by Gasteiger charge is 2.23. The number of carbonyl (C=O) groups excluding carboxylic acids is 1. The molecule has 0 aliphatic heterocycles. The van der Waals surface area contributed by atoms with Crippen molar-refractivity contribution in [1.29, 1.82) is 0 Å². The number of nitrogens with one attached hydrogen (secondary N) is 1. The zero-order chi connectivity index (χ0) is 24.7. The monoisotopic (exact) mass is 483 g/mol. The highest BCUT2D eigenvalue weighted by molar-refractivity contribution is 7.90. The molecule has 3 rings (SSSR count). The molecule has 0 aliphatic rings. The Bertz CT molecular complexity index is 1260. The van der Waals surface area contributed by atoms with Crippen molar-refractivity contribution in [2.24, 2.45) is 0 Å². The van der Waals surface area contributed by atoms with E-state index >= 15 is 0 Å². The van der Waals surface area contributed by atoms with Crippen LogP contribution in [0.3, 0.4) is 0 Å². The van der Waals surface area contributed by atoms with E-state index in [1.54, 1.807) is 0 Å². The van der Waals surface area contributed by atoms with Crippen molar-refractivity contribution < 1.29 is 18.1 Å². The fraction of sp³-hybridized carbons (Fsp3) is 0.261. The van der Waals surface area contributed by atoms with Gasteiger partial charge in [0, 0.05) is 31.9 Å². The van der Waals surface area contributed by atoms with Crippen molar-refractivity contribution in [1.82, 2.24) is 14.7 Å². The molecule has 1 heterocycles. The van der Waals surface area contributed by atoms with Gasteiger partial charge >= 0.3 is 0 Å². The van der Waals surface area contributed by atoms with Crippen LogP contribution in [0.25, 0.3) is 0 Å². The predicted octanol–water partition coefficient (Wildman–Crippen LogP) is 3.13. The molecule has 0 radical (unpaired) electrons. The van der Waals surface area contributed by atoms with Crippen LogP contribution in [0.15, 0.2) is 65.7 Å². The number of amides is 1. The van der Waals surface area contributed by atoms with E-state index in [1.165, 1.54) is 11.8 Å². The van der Waals surface area contributed by atoms with Crippen LogP contribution in [-0.2, 0) is 22.9 Å². The van der Waals surface area contributed by atoms with Crippen molar-refractivity contribution in [2.45, 2.75) is 31.1 Å². The van der Waals surface area contributed by atoms with Gasteiger partial charge in [-0.25, -0.2) is 23.1 Å². The predicted molar refractivity (Wildman–Crippen MR) is 127 cm³/mol. The minimum Gasteiger partial charge on any atom is -0.344 e. The van der Waals surface area contributed by atoms with E-state index in [1.807, 2.05) is 53.9 Å². The van der Waals surface area contributed by atoms with Crippen LogP contribution >= 0.6 is 0 Å². The van der Waals surface area contributed by atoms with Crippen molar-refractivity contribution in [3.8, 4) is 0 Å². The first kappa shape index (κ1) is 24.8. The second-order valence-corrected chi connectivity index (χ2v) is 9.31. The van der Waals surface area contributed by atoms with E-state index in [4.69, 9.17) is 0 Å². The summed E-state index contributed by atoms with van der Waals surface area (Å²) in [5.74, 6) is -0.422. The van der Waals surface area contributed by atoms with Gasteiger partial charge in [-0.3, -0.25) is 14.9 Å². The number of carbonyl (C=O) groups is 1. The number of non-ortho nitro benzene ring substituents is 1. The van der Waals surface area contributed by atoms with E-state index in [0.29, 0.717) is 31.0 Å². The molecule has 3 aromatic rings. The van der Waals surface area contributed by atoms with Gasteiger partial charge in [-0.15, -0.1) is 0 Å². The Morgan fingerprint density at radius 2 is 1.76 bits per heavy atom. The summed E-state index contributed by atoms with van der Waals surface area (Å²) in [6, 6.07) is 14.2. The summed E-state index contributed by atoms with van der Waals surface area (Å²) in [4.78, 5) is 33.3. The molecule has 178 valence electrons. The van der Waals surface area contributed by atoms with Gasteiger partial charge < -0.3 is 4.90 Å². The number of anilines is 1. The van der Waals surface area contributed by atoms with Crippen LogP contribution in [0.4, 0.5) is 11.6 Å². The van der Waals surface area contributed by atoms with Gasteiger partial charge in [0.25, 0.3) is 21.6 Å². The number of nitro benzene ring substituents is 1. The van der Waals surface area contributed by atoms with Crippen LogP contribution in [-0.4, -0.2) is 42.8 Å². The van der Waals surface area contributed by atoms with Gasteiger partial charge in [0.15, 0.2) is 0 Å². The van der Waals surface area contributed by atoms with Crippen LogP contribution < -0.4 is 9.62 Å². The SMILES string of the molecule is CCCc1nc(N(C)CCc2ccccc2)ncc1C(=O)NS(=O)(=O)c1ccc([N+](=O)[O-])cc1. The third kappa shape index (κ3) is 6.13. The molecule has 34 heavy (non-hydrogen) atoms. The second kappa shape index (κ2) is 10.8. The Hall–Kier alpha value is -3.86. The normalized spacial score (nSPS) is 11.1. The average Bonchev–Trinajstić information content (AvgIpc) is 2.83. The molecule has 0 unspecified atom stereocenters. The molecule has 0 atom stereocenters. The Balaban J connectivity index is 1.77. The lowest BCUT2D eigenvalue weighted by atomic mass is 10.1. The first-order valence-electron chi connectivity index (χ1n) is 10.6. The topological polar surface area (TPSA) is 135 Å². The molecule has 0 saturated heterocycles. The third-order valence-corrected chi connectivity index (χ3v) is 6.44. The number of sulfonamides is 1. The number of hydrogen-bond acceptors (Lipinski definition) is 8. The zero-order valence-corrected chi connectivity index (χ0v) is 19.7. The van der Waals surface area contributed by atoms with Crippen molar-refractivity contribution in [2.75, 3.05) is 18.5 Å². The lowest BCUT2D eigenvalue weighted by Crippen LogP contribution is -2.32. The maximum atomic E-state index is 12.8. The molecule has 2 aromatic carbocycles. The molecule has 1 amide bonds. The van der Waals surface area contributed by atoms with Gasteiger partial charge in [0.05, 0.1) is 21.1 Å². The summed E-state index contributed by atoms with van der Waals surface area (Å²) in [5, 5.41) is 10.8. The minimum atomic E-state index is -4.24. The molecule has 0 spiro atoms. The average molecular weight is 484 g/mol. The van der Waals surface area contributed by atoms with Crippen LogP contribution in [0.5, 0.6) is 0 Å². The van der Waals surface area contributed by atoms with E-state index in [2.05, 4.69) is 9.97 Å². The molecular weight excluding hydrogens is 458 g/mol. The number of aryl methyl sites for hydroxylation is 1. The van der Waals surface area contributed by atoms with E-state index in [0.717, 1.165) is 30.7 Å². The standard InChI is InChI=1S/C23H25N5O5S/c1-3-7-21-20(16-24-23(25-21)27(2)15-14-17-8-5-4-6-9-17)22(29)26-34(32,33)19-12-10-18(11-13-19)28(30)31/h4-6,8-13,16H,3,7,14-15H2,1-2H3,(H,26,29). The molecule has 1 N–H and O–H groups in total. The summed E-state index contributed by atoms with van der Waals surface area (Å²) < 4.78 is 27.2. The number of likely N-dealkylation sites (N-methyl/N-ethyl adjacent to an activating group) is 1. The number of rotatable bonds is 10. The van der Waals surface area contributed by atoms with Crippen molar-refractivity contribution in [3.63, 3.8) is 0 Å². The lowest BCUT2D eigenvalue weighted by molar-refractivity contribution is -0.384. The maximum absolute atomic E-state index is 12.8. The van der Waals surface area contributed by atoms with Gasteiger partial charge in [-0.1, -0.05) is 43.7 Å². The first-order chi connectivity index (χ1) is 16.2. The second-order valence-electron chi connectivity index (χ2n) is 7.62. The van der Waals surface area contributed by atoms with Crippen LogP contribution in [0, 0.1) is 10.1 Å². The fourth-order valence-electron chi connectivity index (χ4n) is 3.23. The lowest BCUT2D eigenvalue weighted by Gasteiger charge is -2.19. The minimum absolute atomic E-state index is 0.0625. The molecule has 0 saturated carbocycles. The molecular formula is C23H25N5O5S. The fourth-order valence-corrected chi connectivity index (χ4v) is 4.20. The summed E-state index contributed by atoms with van der Waals surface area (Å²) in [6.45, 7) is 2.59. The van der Waals surface area contributed by atoms with Gasteiger partial charge in [-0.2, -0.15) is 0 Å². The Morgan fingerprint density at radius 3 is 2.38 bits per heavy atom. The van der Waals surface area contributed by atoms with Gasteiger partial charge in [-0.05, 0) is 30.5 Å². The molecule has 0 aliphatic carbocycles. The van der Waals surface area contributed by atoms with Crippen molar-refractivity contribution in [3.05, 3.63) is 87.7 Å². The quantitative estimate of drug-likeness (QED) is 0.343. The molecule has 1 aromatic heterocycles. The smallest absolute Gasteiger partial charge is 0.269 e. The summed E-state index contributed by atoms with van der Waals surface area (Å²) in [7, 11) is -2.38. The van der Waals surface area contributed by atoms with E-state index in [-0.39, 0.29) is 16.1 Å². The molecule has 0 bridgehead atoms. The largest absolute Gasteiger partial charge is 0.344 e. The Kier molecular flexibility index (Phi) is 7.90. The van der Waals surface area contributed by atoms with Crippen molar-refractivity contribution >= 4 is 27.6 Å². The third-order valence-electron chi connectivity index (χ3n) is 5.09. The first-order valence-corrected chi connectivity index (χ1v) is 12.1. The number of hydrogen-bond donors (Lipinski definition) is 1. The van der Waals surface area contributed by atoms with Gasteiger partial charge in [0.1, 0.15) is 0 Å². The Labute approximate surface area is 197 Å². The highest BCUT2D eigenvalue weighted by atomic mass is 32.2. The number of benzene rings is 2. The molecule has 10 nitrogen and oxygen atoms in total. The summed E-state index contributed by atoms with van der Waals surface area (Å²) >= 11 is 0. The number of aromatic nitrogens is 2. The van der Waals surface area contributed by atoms with Crippen LogP contribution in [0.1, 0.15) is 35.0 Å². The van der Waals surface area contributed by atoms with Gasteiger partial charge in [0.2, 0.25) is 5.95 Å². The molecule has 0 fully saturated rings.